The summed E-state index contributed by atoms with van der Waals surface area (Å²) >= 11 is 1.41. The highest BCUT2D eigenvalue weighted by molar-refractivity contribution is 7.20. The molecular weight excluding hydrogens is 376 g/mol. The highest BCUT2D eigenvalue weighted by Crippen LogP contribution is 2.36. The van der Waals surface area contributed by atoms with Crippen molar-refractivity contribution in [3.05, 3.63) is 16.3 Å². The van der Waals surface area contributed by atoms with E-state index in [1.807, 2.05) is 18.9 Å². The van der Waals surface area contributed by atoms with E-state index in [0.717, 1.165) is 41.7 Å². The molecule has 3 rings (SSSR count). The van der Waals surface area contributed by atoms with Crippen LogP contribution in [-0.4, -0.2) is 61.2 Å². The first-order valence-corrected chi connectivity index (χ1v) is 9.20. The van der Waals surface area contributed by atoms with Gasteiger partial charge in [-0.25, -0.2) is 4.98 Å². The van der Waals surface area contributed by atoms with E-state index in [9.17, 15) is 4.79 Å². The summed E-state index contributed by atoms with van der Waals surface area (Å²) < 4.78 is 10.6. The van der Waals surface area contributed by atoms with Crippen molar-refractivity contribution in [1.29, 1.82) is 0 Å². The summed E-state index contributed by atoms with van der Waals surface area (Å²) in [6, 6.07) is 0.356. The Morgan fingerprint density at radius 2 is 2.15 bits per heavy atom. The van der Waals surface area contributed by atoms with Crippen molar-refractivity contribution in [1.82, 2.24) is 20.2 Å². The molecule has 2 aromatic heterocycles. The van der Waals surface area contributed by atoms with Crippen LogP contribution in [0.2, 0.25) is 0 Å². The minimum atomic E-state index is 0. The summed E-state index contributed by atoms with van der Waals surface area (Å²) in [5.41, 5.74) is 0.886. The maximum Gasteiger partial charge on any atom is 0.264 e. The maximum atomic E-state index is 13.1. The van der Waals surface area contributed by atoms with E-state index in [1.165, 1.54) is 11.3 Å². The number of ether oxygens (including phenoxy) is 2. The van der Waals surface area contributed by atoms with Crippen molar-refractivity contribution in [2.45, 2.75) is 32.4 Å². The van der Waals surface area contributed by atoms with Crippen LogP contribution >= 0.6 is 23.7 Å². The lowest BCUT2D eigenvalue weighted by Crippen LogP contribution is -2.46. The minimum absolute atomic E-state index is 0. The van der Waals surface area contributed by atoms with Gasteiger partial charge >= 0.3 is 0 Å². The molecule has 0 aromatic carbocycles. The lowest BCUT2D eigenvalue weighted by Gasteiger charge is -2.32. The number of rotatable bonds is 5. The highest BCUT2D eigenvalue weighted by atomic mass is 35.5. The number of carbonyl (C=O) groups is 1. The van der Waals surface area contributed by atoms with Crippen LogP contribution in [0.15, 0.2) is 0 Å². The zero-order valence-corrected chi connectivity index (χ0v) is 17.1. The number of amides is 1. The molecule has 1 atom stereocenters. The molecule has 1 unspecified atom stereocenters. The number of hydrogen-bond acceptors (Lipinski definition) is 7. The lowest BCUT2D eigenvalue weighted by atomic mass is 10.1. The van der Waals surface area contributed by atoms with Crippen LogP contribution in [0, 0.1) is 6.92 Å². The minimum Gasteiger partial charge on any atom is -0.480 e. The number of nitrogens with one attached hydrogen (secondary N) is 1. The van der Waals surface area contributed by atoms with E-state index >= 15 is 0 Å². The Hall–Kier alpha value is -1.48. The molecule has 1 aliphatic rings. The van der Waals surface area contributed by atoms with Gasteiger partial charge in [0, 0.05) is 26.2 Å². The molecule has 1 saturated heterocycles. The van der Waals surface area contributed by atoms with E-state index in [-0.39, 0.29) is 18.3 Å². The molecule has 1 fully saturated rings. The van der Waals surface area contributed by atoms with Gasteiger partial charge in [0.05, 0.1) is 17.4 Å². The number of aryl methyl sites for hydroxylation is 1. The SMILES string of the molecule is CNC1CCCN(C(=O)c2sc3nc(COC)nc(OC)c3c2C)C1.Cl. The third-order valence-corrected chi connectivity index (χ3v) is 5.75. The number of piperidine rings is 1. The number of likely N-dealkylation sites (N-methyl/N-ethyl adjacent to an activating group) is 1. The quantitative estimate of drug-likeness (QED) is 0.830. The smallest absolute Gasteiger partial charge is 0.264 e. The average Bonchev–Trinajstić information content (AvgIpc) is 2.97. The monoisotopic (exact) mass is 400 g/mol. The lowest BCUT2D eigenvalue weighted by molar-refractivity contribution is 0.0702. The number of methoxy groups -OCH3 is 2. The molecular formula is C17H25ClN4O3S. The number of halogens is 1. The first-order chi connectivity index (χ1) is 12.1. The molecule has 9 heteroatoms. The van der Waals surface area contributed by atoms with Crippen molar-refractivity contribution < 1.29 is 14.3 Å². The summed E-state index contributed by atoms with van der Waals surface area (Å²) in [6.07, 6.45) is 2.12. The fourth-order valence-corrected chi connectivity index (χ4v) is 4.39. The van der Waals surface area contributed by atoms with Crippen LogP contribution in [-0.2, 0) is 11.3 Å². The second-order valence-electron chi connectivity index (χ2n) is 6.20. The molecule has 2 aromatic rings. The zero-order chi connectivity index (χ0) is 18.0. The molecule has 1 N–H and O–H groups in total. The number of nitrogens with zero attached hydrogens (tertiary/aromatic N) is 3. The number of carbonyl (C=O) groups excluding carboxylic acids is 1. The molecule has 26 heavy (non-hydrogen) atoms. The van der Waals surface area contributed by atoms with Gasteiger partial charge in [-0.3, -0.25) is 4.79 Å². The largest absolute Gasteiger partial charge is 0.480 e. The maximum absolute atomic E-state index is 13.1. The number of aromatic nitrogens is 2. The van der Waals surface area contributed by atoms with Crippen molar-refractivity contribution in [3.8, 4) is 5.88 Å². The van der Waals surface area contributed by atoms with Crippen LogP contribution in [0.1, 0.15) is 33.9 Å². The predicted octanol–water partition coefficient (Wildman–Crippen LogP) is 2.40. The van der Waals surface area contributed by atoms with Gasteiger partial charge in [0.15, 0.2) is 5.82 Å². The van der Waals surface area contributed by atoms with Crippen molar-refractivity contribution in [3.63, 3.8) is 0 Å². The van der Waals surface area contributed by atoms with E-state index in [2.05, 4.69) is 15.3 Å². The summed E-state index contributed by atoms with van der Waals surface area (Å²) in [7, 11) is 5.13. The van der Waals surface area contributed by atoms with E-state index < -0.39 is 0 Å². The van der Waals surface area contributed by atoms with E-state index in [0.29, 0.717) is 29.2 Å². The van der Waals surface area contributed by atoms with Gasteiger partial charge in [-0.05, 0) is 32.4 Å². The fourth-order valence-electron chi connectivity index (χ4n) is 3.23. The standard InChI is InChI=1S/C17H24N4O3S.ClH/c1-10-13-15(24-4)19-12(9-23-3)20-16(13)25-14(10)17(22)21-7-5-6-11(8-21)18-2;/h11,18H,5-9H2,1-4H3;1H. The molecule has 0 aliphatic carbocycles. The first-order valence-electron chi connectivity index (χ1n) is 8.38. The predicted molar refractivity (Wildman–Crippen MR) is 105 cm³/mol. The summed E-state index contributed by atoms with van der Waals surface area (Å²) in [5, 5.41) is 4.09. The van der Waals surface area contributed by atoms with Crippen LogP contribution < -0.4 is 10.1 Å². The van der Waals surface area contributed by atoms with Crippen LogP contribution in [0.4, 0.5) is 0 Å². The molecule has 1 aliphatic heterocycles. The summed E-state index contributed by atoms with van der Waals surface area (Å²) in [6.45, 7) is 3.78. The van der Waals surface area contributed by atoms with Crippen molar-refractivity contribution in [2.75, 3.05) is 34.4 Å². The Bertz CT molecular complexity index is 783. The van der Waals surface area contributed by atoms with Gasteiger partial charge in [-0.2, -0.15) is 4.98 Å². The second-order valence-corrected chi connectivity index (χ2v) is 7.20. The number of hydrogen-bond donors (Lipinski definition) is 1. The van der Waals surface area contributed by atoms with Gasteiger partial charge in [0.2, 0.25) is 5.88 Å². The highest BCUT2D eigenvalue weighted by Gasteiger charge is 2.28. The van der Waals surface area contributed by atoms with Crippen molar-refractivity contribution >= 4 is 39.9 Å². The third-order valence-electron chi connectivity index (χ3n) is 4.58. The van der Waals surface area contributed by atoms with E-state index in [4.69, 9.17) is 9.47 Å². The summed E-state index contributed by atoms with van der Waals surface area (Å²) in [4.78, 5) is 25.4. The van der Waals surface area contributed by atoms with Gasteiger partial charge in [0.25, 0.3) is 5.91 Å². The zero-order valence-electron chi connectivity index (χ0n) is 15.5. The van der Waals surface area contributed by atoms with Gasteiger partial charge in [0.1, 0.15) is 11.4 Å². The number of likely N-dealkylation sites (tertiary alicyclic amines) is 1. The Morgan fingerprint density at radius 3 is 2.81 bits per heavy atom. The van der Waals surface area contributed by atoms with Gasteiger partial charge < -0.3 is 19.7 Å². The van der Waals surface area contributed by atoms with Crippen LogP contribution in [0.3, 0.4) is 0 Å². The molecule has 3 heterocycles. The topological polar surface area (TPSA) is 76.6 Å². The van der Waals surface area contributed by atoms with E-state index in [1.54, 1.807) is 14.2 Å². The number of fused-ring (bicyclic) bond motifs is 1. The molecule has 0 saturated carbocycles. The molecule has 7 nitrogen and oxygen atoms in total. The molecule has 144 valence electrons. The third kappa shape index (κ3) is 3.93. The molecule has 0 bridgehead atoms. The average molecular weight is 401 g/mol. The Labute approximate surface area is 163 Å². The van der Waals surface area contributed by atoms with Crippen LogP contribution in [0.5, 0.6) is 5.88 Å². The normalized spacial score (nSPS) is 17.2. The molecule has 0 radical (unpaired) electrons. The molecule has 1 amide bonds. The van der Waals surface area contributed by atoms with Crippen molar-refractivity contribution in [2.24, 2.45) is 0 Å². The summed E-state index contributed by atoms with van der Waals surface area (Å²) in [5.74, 6) is 1.12. The Morgan fingerprint density at radius 1 is 1.38 bits per heavy atom. The first kappa shape index (κ1) is 20.8. The van der Waals surface area contributed by atoms with Gasteiger partial charge in [-0.1, -0.05) is 0 Å². The van der Waals surface area contributed by atoms with Crippen LogP contribution in [0.25, 0.3) is 10.2 Å². The second kappa shape index (κ2) is 8.94. The van der Waals surface area contributed by atoms with Gasteiger partial charge in [-0.15, -0.1) is 23.7 Å². The number of thiophene rings is 1. The Balaban J connectivity index is 0.00000243. The fraction of sp³-hybridized carbons (Fsp3) is 0.588. The molecule has 0 spiro atoms. The Kier molecular flexibility index (Phi) is 7.16.